The second-order valence-corrected chi connectivity index (χ2v) is 10.1. The number of thiophene rings is 1. The van der Waals surface area contributed by atoms with Gasteiger partial charge in [0.2, 0.25) is 0 Å². The molecule has 1 aliphatic rings. The molecule has 0 saturated carbocycles. The summed E-state index contributed by atoms with van der Waals surface area (Å²) in [6, 6.07) is 23.9. The van der Waals surface area contributed by atoms with Crippen molar-refractivity contribution in [2.75, 3.05) is 0 Å². The molecule has 6 rings (SSSR count). The summed E-state index contributed by atoms with van der Waals surface area (Å²) in [5.41, 5.74) is 2.84. The van der Waals surface area contributed by atoms with Gasteiger partial charge in [-0.15, -0.1) is 11.3 Å². The van der Waals surface area contributed by atoms with Crippen LogP contribution in [0.15, 0.2) is 100 Å². The molecule has 1 N–H and O–H groups in total. The number of carbonyl (C=O) groups excluding carboxylic acids is 1. The minimum atomic E-state index is -0.705. The smallest absolute Gasteiger partial charge is 0.284 e. The van der Waals surface area contributed by atoms with Crippen molar-refractivity contribution < 1.29 is 9.18 Å². The van der Waals surface area contributed by atoms with Crippen LogP contribution in [0, 0.1) is 5.82 Å². The van der Waals surface area contributed by atoms with Gasteiger partial charge in [0, 0.05) is 33.5 Å². The molecule has 5 aromatic rings. The van der Waals surface area contributed by atoms with Gasteiger partial charge in [0.05, 0.1) is 22.2 Å². The average molecular weight is 528 g/mol. The average Bonchev–Trinajstić information content (AvgIpc) is 3.60. The maximum Gasteiger partial charge on any atom is 0.284 e. The quantitative estimate of drug-likeness (QED) is 0.272. The highest BCUT2D eigenvalue weighted by molar-refractivity contribution is 7.12. The van der Waals surface area contributed by atoms with Crippen LogP contribution >= 0.6 is 22.9 Å². The third kappa shape index (κ3) is 4.16. The highest BCUT2D eigenvalue weighted by Gasteiger charge is 2.37. The van der Waals surface area contributed by atoms with E-state index in [4.69, 9.17) is 11.6 Å². The molecule has 1 atom stereocenters. The van der Waals surface area contributed by atoms with E-state index in [2.05, 4.69) is 10.1 Å². The summed E-state index contributed by atoms with van der Waals surface area (Å²) in [7, 11) is 0. The molecule has 182 valence electrons. The van der Waals surface area contributed by atoms with Gasteiger partial charge in [0.1, 0.15) is 5.82 Å². The molecule has 0 radical (unpaired) electrons. The Bertz CT molecular complexity index is 1730. The maximum atomic E-state index is 15.0. The van der Waals surface area contributed by atoms with Crippen LogP contribution in [0.3, 0.4) is 0 Å². The predicted octanol–water partition coefficient (Wildman–Crippen LogP) is 7.04. The van der Waals surface area contributed by atoms with Crippen molar-refractivity contribution in [2.45, 2.75) is 12.5 Å². The van der Waals surface area contributed by atoms with Crippen LogP contribution in [0.1, 0.15) is 33.3 Å². The third-order valence-electron chi connectivity index (χ3n) is 6.44. The molecule has 5 nitrogen and oxygen atoms in total. The number of fused-ring (bicyclic) bond motifs is 1. The van der Waals surface area contributed by atoms with Crippen LogP contribution in [0.2, 0.25) is 5.02 Å². The monoisotopic (exact) mass is 527 g/mol. The molecular weight excluding hydrogens is 509 g/mol. The van der Waals surface area contributed by atoms with E-state index < -0.39 is 11.9 Å². The molecule has 0 aliphatic carbocycles. The summed E-state index contributed by atoms with van der Waals surface area (Å²) in [5.74, 6) is -0.782. The van der Waals surface area contributed by atoms with Crippen molar-refractivity contribution in [3.05, 3.63) is 128 Å². The lowest BCUT2D eigenvalue weighted by atomic mass is 9.91. The van der Waals surface area contributed by atoms with Crippen molar-refractivity contribution in [2.24, 2.45) is 5.10 Å². The van der Waals surface area contributed by atoms with Gasteiger partial charge in [-0.3, -0.25) is 9.59 Å². The molecule has 3 heterocycles. The Labute approximate surface area is 220 Å². The van der Waals surface area contributed by atoms with Crippen molar-refractivity contribution >= 4 is 45.5 Å². The van der Waals surface area contributed by atoms with E-state index in [-0.39, 0.29) is 17.9 Å². The molecule has 1 aliphatic heterocycles. The second kappa shape index (κ2) is 9.42. The molecule has 0 unspecified atom stereocenters. The molecule has 37 heavy (non-hydrogen) atoms. The lowest BCUT2D eigenvalue weighted by Crippen LogP contribution is -2.27. The first-order valence-corrected chi connectivity index (χ1v) is 12.9. The second-order valence-electron chi connectivity index (χ2n) is 8.68. The van der Waals surface area contributed by atoms with Crippen molar-refractivity contribution in [1.82, 2.24) is 9.99 Å². The number of benzene rings is 3. The number of hydrogen-bond donors (Lipinski definition) is 1. The number of aromatic amines is 1. The van der Waals surface area contributed by atoms with Crippen LogP contribution in [-0.2, 0) is 0 Å². The van der Waals surface area contributed by atoms with Crippen LogP contribution in [0.25, 0.3) is 22.0 Å². The lowest BCUT2D eigenvalue weighted by molar-refractivity contribution is 0.0713. The first kappa shape index (κ1) is 23.3. The number of aromatic nitrogens is 1. The van der Waals surface area contributed by atoms with Gasteiger partial charge in [-0.1, -0.05) is 66.2 Å². The number of nitrogens with one attached hydrogen (secondary N) is 1. The Kier molecular flexibility index (Phi) is 5.94. The maximum absolute atomic E-state index is 15.0. The first-order valence-electron chi connectivity index (χ1n) is 11.6. The van der Waals surface area contributed by atoms with Crippen LogP contribution in [0.4, 0.5) is 4.39 Å². The SMILES string of the molecule is O=C(c1cccs1)N1N=C(c2c(-c3ccccc3)c3cc(Cl)ccc3[nH]c2=O)C[C@H]1c1ccccc1F. The Morgan fingerprint density at radius 2 is 1.78 bits per heavy atom. The van der Waals surface area contributed by atoms with Crippen molar-refractivity contribution in [3.63, 3.8) is 0 Å². The molecule has 1 amide bonds. The number of rotatable bonds is 4. The normalized spacial score (nSPS) is 15.2. The number of H-pyrrole nitrogens is 1. The van der Waals surface area contributed by atoms with E-state index in [1.165, 1.54) is 22.4 Å². The Morgan fingerprint density at radius 3 is 2.54 bits per heavy atom. The van der Waals surface area contributed by atoms with Crippen LogP contribution < -0.4 is 5.56 Å². The van der Waals surface area contributed by atoms with Crippen molar-refractivity contribution in [1.29, 1.82) is 0 Å². The molecule has 0 fully saturated rings. The fraction of sp³-hybridized carbons (Fsp3) is 0.0690. The van der Waals surface area contributed by atoms with E-state index in [1.807, 2.05) is 30.3 Å². The van der Waals surface area contributed by atoms with Crippen LogP contribution in [0.5, 0.6) is 0 Å². The molecule has 2 aromatic heterocycles. The van der Waals surface area contributed by atoms with E-state index >= 15 is 0 Å². The summed E-state index contributed by atoms with van der Waals surface area (Å²) >= 11 is 7.64. The molecular formula is C29H19ClFN3O2S. The van der Waals surface area contributed by atoms with Gasteiger partial charge < -0.3 is 4.98 Å². The molecule has 3 aromatic carbocycles. The van der Waals surface area contributed by atoms with Gasteiger partial charge in [-0.25, -0.2) is 9.40 Å². The predicted molar refractivity (Wildman–Crippen MR) is 146 cm³/mol. The number of carbonyl (C=O) groups is 1. The van der Waals surface area contributed by atoms with Crippen molar-refractivity contribution in [3.8, 4) is 11.1 Å². The number of hydrazone groups is 1. The van der Waals surface area contributed by atoms with Gasteiger partial charge in [-0.05, 0) is 41.3 Å². The topological polar surface area (TPSA) is 65.5 Å². The number of nitrogens with zero attached hydrogens (tertiary/aromatic N) is 2. The Hall–Kier alpha value is -4.07. The number of hydrogen-bond acceptors (Lipinski definition) is 4. The van der Waals surface area contributed by atoms with Crippen LogP contribution in [-0.4, -0.2) is 21.6 Å². The first-order chi connectivity index (χ1) is 18.0. The Morgan fingerprint density at radius 1 is 1.00 bits per heavy atom. The highest BCUT2D eigenvalue weighted by atomic mass is 35.5. The molecule has 0 bridgehead atoms. The van der Waals surface area contributed by atoms with E-state index in [9.17, 15) is 14.0 Å². The zero-order chi connectivity index (χ0) is 25.5. The Balaban J connectivity index is 1.59. The minimum absolute atomic E-state index is 0.174. The summed E-state index contributed by atoms with van der Waals surface area (Å²) in [5, 5.41) is 9.06. The standard InChI is InChI=1S/C29H19ClFN3O2S/c30-18-12-13-22-20(15-18)26(17-7-2-1-3-8-17)27(28(35)32-22)23-16-24(19-9-4-5-10-21(19)31)34(33-23)29(36)25-11-6-14-37-25/h1-15,24H,16H2,(H,32,35)/t24-/m0/s1. The van der Waals surface area contributed by atoms with Gasteiger partial charge >= 0.3 is 0 Å². The number of pyridine rings is 1. The molecule has 8 heteroatoms. The fourth-order valence-corrected chi connectivity index (χ4v) is 5.62. The summed E-state index contributed by atoms with van der Waals surface area (Å²) in [6.07, 6.45) is 0.174. The summed E-state index contributed by atoms with van der Waals surface area (Å²) in [6.45, 7) is 0. The largest absolute Gasteiger partial charge is 0.321 e. The summed E-state index contributed by atoms with van der Waals surface area (Å²) in [4.78, 5) is 30.5. The zero-order valence-corrected chi connectivity index (χ0v) is 20.9. The molecule has 0 spiro atoms. The van der Waals surface area contributed by atoms with Gasteiger partial charge in [0.25, 0.3) is 11.5 Å². The third-order valence-corrected chi connectivity index (χ3v) is 7.53. The van der Waals surface area contributed by atoms with Gasteiger partial charge in [0.15, 0.2) is 0 Å². The zero-order valence-electron chi connectivity index (χ0n) is 19.3. The fourth-order valence-electron chi connectivity index (χ4n) is 4.79. The molecule has 0 saturated heterocycles. The highest BCUT2D eigenvalue weighted by Crippen LogP contribution is 2.39. The van der Waals surface area contributed by atoms with E-state index in [0.29, 0.717) is 37.8 Å². The van der Waals surface area contributed by atoms with E-state index in [0.717, 1.165) is 10.9 Å². The minimum Gasteiger partial charge on any atom is -0.321 e. The van der Waals surface area contributed by atoms with E-state index in [1.54, 1.807) is 53.9 Å². The summed E-state index contributed by atoms with van der Waals surface area (Å²) < 4.78 is 15.0. The number of halogens is 2. The van der Waals surface area contributed by atoms with Gasteiger partial charge in [-0.2, -0.15) is 5.10 Å². The number of amides is 1. The lowest BCUT2D eigenvalue weighted by Gasteiger charge is -2.21.